The Labute approximate surface area is 179 Å². The molecule has 0 amide bonds. The van der Waals surface area contributed by atoms with Crippen molar-refractivity contribution >= 4 is 21.4 Å². The zero-order chi connectivity index (χ0) is 21.3. The van der Waals surface area contributed by atoms with Crippen molar-refractivity contribution in [2.75, 3.05) is 30.0 Å². The third-order valence-electron chi connectivity index (χ3n) is 5.79. The average molecular weight is 421 g/mol. The maximum Gasteiger partial charge on any atom is 0.229 e. The molecule has 1 aliphatic rings. The molecule has 0 heterocycles. The van der Waals surface area contributed by atoms with E-state index in [1.807, 2.05) is 12.1 Å². The van der Waals surface area contributed by atoms with E-state index in [9.17, 15) is 8.42 Å². The van der Waals surface area contributed by atoms with Gasteiger partial charge in [0, 0.05) is 31.4 Å². The van der Waals surface area contributed by atoms with Crippen LogP contribution >= 0.6 is 0 Å². The highest BCUT2D eigenvalue weighted by Gasteiger charge is 2.25. The third kappa shape index (κ3) is 4.36. The predicted molar refractivity (Wildman–Crippen MR) is 125 cm³/mol. The lowest BCUT2D eigenvalue weighted by molar-refractivity contribution is 0.607. The average Bonchev–Trinajstić information content (AvgIpc) is 2.84. The van der Waals surface area contributed by atoms with E-state index in [1.54, 1.807) is 6.07 Å². The van der Waals surface area contributed by atoms with Gasteiger partial charge in [-0.25, -0.2) is 8.42 Å². The number of nitrogens with one attached hydrogen (secondary N) is 1. The summed E-state index contributed by atoms with van der Waals surface area (Å²) >= 11 is 0. The first-order valence-corrected chi connectivity index (χ1v) is 12.1. The molecule has 4 rings (SSSR count). The van der Waals surface area contributed by atoms with Gasteiger partial charge in [0.15, 0.2) is 0 Å². The van der Waals surface area contributed by atoms with Gasteiger partial charge < -0.3 is 4.90 Å². The van der Waals surface area contributed by atoms with Gasteiger partial charge in [-0.1, -0.05) is 48.5 Å². The van der Waals surface area contributed by atoms with Gasteiger partial charge in [-0.3, -0.25) is 4.72 Å². The molecule has 0 aliphatic heterocycles. The van der Waals surface area contributed by atoms with Crippen LogP contribution in [-0.4, -0.2) is 28.8 Å². The molecule has 1 atom stereocenters. The highest BCUT2D eigenvalue weighted by atomic mass is 32.2. The van der Waals surface area contributed by atoms with E-state index >= 15 is 0 Å². The van der Waals surface area contributed by atoms with Gasteiger partial charge in [-0.05, 0) is 65.3 Å². The topological polar surface area (TPSA) is 49.4 Å². The van der Waals surface area contributed by atoms with Crippen molar-refractivity contribution in [3.8, 4) is 0 Å². The maximum atomic E-state index is 11.7. The molecule has 5 heteroatoms. The van der Waals surface area contributed by atoms with Crippen molar-refractivity contribution in [2.24, 2.45) is 0 Å². The molecule has 0 saturated heterocycles. The summed E-state index contributed by atoms with van der Waals surface area (Å²) in [5, 5.41) is 0. The summed E-state index contributed by atoms with van der Waals surface area (Å²) in [6.07, 6.45) is 4.05. The van der Waals surface area contributed by atoms with Crippen molar-refractivity contribution in [2.45, 2.75) is 25.2 Å². The summed E-state index contributed by atoms with van der Waals surface area (Å²) in [5.74, 6) is 0.229. The molecule has 0 spiro atoms. The lowest BCUT2D eigenvalue weighted by atomic mass is 9.83. The molecule has 0 fully saturated rings. The minimum atomic E-state index is -3.30. The first-order valence-electron chi connectivity index (χ1n) is 10.3. The number of fused-ring (bicyclic) bond motifs is 2. The molecule has 1 N–H and O–H groups in total. The van der Waals surface area contributed by atoms with Crippen molar-refractivity contribution < 1.29 is 8.42 Å². The summed E-state index contributed by atoms with van der Waals surface area (Å²) in [4.78, 5) is 2.20. The van der Waals surface area contributed by atoms with Crippen LogP contribution in [0, 0.1) is 0 Å². The van der Waals surface area contributed by atoms with Crippen molar-refractivity contribution in [1.29, 1.82) is 0 Å². The van der Waals surface area contributed by atoms with E-state index in [1.165, 1.54) is 34.2 Å². The Balaban J connectivity index is 1.80. The maximum absolute atomic E-state index is 11.7. The molecule has 0 aromatic heterocycles. The van der Waals surface area contributed by atoms with Gasteiger partial charge in [0.2, 0.25) is 10.0 Å². The molecular weight excluding hydrogens is 392 g/mol. The van der Waals surface area contributed by atoms with Crippen molar-refractivity contribution in [3.63, 3.8) is 0 Å². The lowest BCUT2D eigenvalue weighted by Crippen LogP contribution is -2.14. The molecule has 30 heavy (non-hydrogen) atoms. The van der Waals surface area contributed by atoms with Gasteiger partial charge >= 0.3 is 0 Å². The Kier molecular flexibility index (Phi) is 5.56. The quantitative estimate of drug-likeness (QED) is 0.656. The number of hydrogen-bond donors (Lipinski definition) is 1. The Morgan fingerprint density at radius 3 is 2.43 bits per heavy atom. The van der Waals surface area contributed by atoms with E-state index in [-0.39, 0.29) is 5.92 Å². The van der Waals surface area contributed by atoms with Crippen molar-refractivity contribution in [3.05, 3.63) is 94.5 Å². The summed E-state index contributed by atoms with van der Waals surface area (Å²) in [5.41, 5.74) is 8.55. The SMILES string of the molecule is CN(C)c1cccc2c1CCc1ccccc1C2Cc1cccc(NS(C)(=O)=O)c1. The molecular formula is C25H28N2O2S. The molecule has 1 aliphatic carbocycles. The molecule has 156 valence electrons. The Morgan fingerprint density at radius 1 is 0.933 bits per heavy atom. The predicted octanol–water partition coefficient (Wildman–Crippen LogP) is 4.60. The van der Waals surface area contributed by atoms with Crippen LogP contribution in [0.15, 0.2) is 66.7 Å². The zero-order valence-corrected chi connectivity index (χ0v) is 18.5. The fourth-order valence-corrected chi connectivity index (χ4v) is 5.13. The largest absolute Gasteiger partial charge is 0.377 e. The standard InChI is InChI=1S/C25H28N2O2S/c1-27(2)25-13-7-12-22-23(25)15-14-19-9-4-5-11-21(19)24(22)17-18-8-6-10-20(16-18)26-30(3,28)29/h4-13,16,24,26H,14-15,17H2,1-3H3. The summed E-state index contributed by atoms with van der Waals surface area (Å²) < 4.78 is 25.9. The number of anilines is 2. The fraction of sp³-hybridized carbons (Fsp3) is 0.280. The van der Waals surface area contributed by atoms with Crippen molar-refractivity contribution in [1.82, 2.24) is 0 Å². The van der Waals surface area contributed by atoms with Crippen LogP contribution < -0.4 is 9.62 Å². The van der Waals surface area contributed by atoms with Gasteiger partial charge in [0.05, 0.1) is 6.26 Å². The van der Waals surface area contributed by atoms with Gasteiger partial charge in [-0.2, -0.15) is 0 Å². The van der Waals surface area contributed by atoms with Gasteiger partial charge in [0.25, 0.3) is 0 Å². The summed E-state index contributed by atoms with van der Waals surface area (Å²) in [6, 6.07) is 23.1. The van der Waals surface area contributed by atoms with Crippen LogP contribution in [-0.2, 0) is 29.3 Å². The van der Waals surface area contributed by atoms with Gasteiger partial charge in [-0.15, -0.1) is 0 Å². The number of aryl methyl sites for hydroxylation is 1. The van der Waals surface area contributed by atoms with E-state index in [0.717, 1.165) is 24.8 Å². The van der Waals surface area contributed by atoms with Crippen LogP contribution in [0.3, 0.4) is 0 Å². The van der Waals surface area contributed by atoms with Crippen LogP contribution in [0.25, 0.3) is 0 Å². The highest BCUT2D eigenvalue weighted by Crippen LogP contribution is 2.39. The Bertz CT molecular complexity index is 1170. The molecule has 0 radical (unpaired) electrons. The highest BCUT2D eigenvalue weighted by molar-refractivity contribution is 7.92. The molecule has 3 aromatic rings. The third-order valence-corrected chi connectivity index (χ3v) is 6.40. The molecule has 0 bridgehead atoms. The second-order valence-corrected chi connectivity index (χ2v) is 10.0. The first-order chi connectivity index (χ1) is 14.3. The second kappa shape index (κ2) is 8.15. The Morgan fingerprint density at radius 2 is 1.67 bits per heavy atom. The number of hydrogen-bond acceptors (Lipinski definition) is 3. The van der Waals surface area contributed by atoms with E-state index in [0.29, 0.717) is 5.69 Å². The van der Waals surface area contributed by atoms with Gasteiger partial charge in [0.1, 0.15) is 0 Å². The van der Waals surface area contributed by atoms with Crippen LogP contribution in [0.4, 0.5) is 11.4 Å². The van der Waals surface area contributed by atoms with E-state index < -0.39 is 10.0 Å². The molecule has 3 aromatic carbocycles. The lowest BCUT2D eigenvalue weighted by Gasteiger charge is -2.24. The fourth-order valence-electron chi connectivity index (χ4n) is 4.57. The molecule has 1 unspecified atom stereocenters. The van der Waals surface area contributed by atoms with Crippen LogP contribution in [0.5, 0.6) is 0 Å². The smallest absolute Gasteiger partial charge is 0.229 e. The Hall–Kier alpha value is -2.79. The monoisotopic (exact) mass is 420 g/mol. The minimum Gasteiger partial charge on any atom is -0.377 e. The number of benzene rings is 3. The summed E-state index contributed by atoms with van der Waals surface area (Å²) in [6.45, 7) is 0. The van der Waals surface area contributed by atoms with E-state index in [4.69, 9.17) is 0 Å². The van der Waals surface area contributed by atoms with E-state index in [2.05, 4.69) is 72.2 Å². The number of rotatable bonds is 5. The zero-order valence-electron chi connectivity index (χ0n) is 17.7. The number of nitrogens with zero attached hydrogens (tertiary/aromatic N) is 1. The molecule has 4 nitrogen and oxygen atoms in total. The minimum absolute atomic E-state index is 0.229. The van der Waals surface area contributed by atoms with Crippen LogP contribution in [0.1, 0.15) is 33.7 Å². The molecule has 0 saturated carbocycles. The summed E-state index contributed by atoms with van der Waals surface area (Å²) in [7, 11) is 0.900. The number of sulfonamides is 1. The van der Waals surface area contributed by atoms with Crippen LogP contribution in [0.2, 0.25) is 0 Å². The first kappa shape index (κ1) is 20.5. The normalized spacial score (nSPS) is 15.6. The second-order valence-electron chi connectivity index (χ2n) is 8.27.